The van der Waals surface area contributed by atoms with Gasteiger partial charge in [0, 0.05) is 11.5 Å². The minimum Gasteiger partial charge on any atom is -0.490 e. The summed E-state index contributed by atoms with van der Waals surface area (Å²) in [5, 5.41) is 17.5. The Hall–Kier alpha value is -1.14. The monoisotopic (exact) mass is 230 g/mol. The average molecular weight is 230 g/mol. The van der Waals surface area contributed by atoms with Gasteiger partial charge in [-0.15, -0.1) is 0 Å². The van der Waals surface area contributed by atoms with Crippen molar-refractivity contribution in [2.75, 3.05) is 6.61 Å². The Labute approximate surface area is 92.8 Å². The lowest BCUT2D eigenvalue weighted by Crippen LogP contribution is -2.33. The SMILES string of the molecule is CCCCOc1cc(F)c(B(O)O)cc1F. The van der Waals surface area contributed by atoms with Crippen molar-refractivity contribution in [3.63, 3.8) is 0 Å². The van der Waals surface area contributed by atoms with Crippen LogP contribution in [0.1, 0.15) is 19.8 Å². The quantitative estimate of drug-likeness (QED) is 0.581. The van der Waals surface area contributed by atoms with Crippen molar-refractivity contribution < 1.29 is 23.6 Å². The number of unbranched alkanes of at least 4 members (excludes halogenated alkanes) is 1. The maximum Gasteiger partial charge on any atom is 0.491 e. The van der Waals surface area contributed by atoms with E-state index in [1.165, 1.54) is 0 Å². The third-order valence-electron chi connectivity index (χ3n) is 2.08. The summed E-state index contributed by atoms with van der Waals surface area (Å²) in [7, 11) is -2.03. The van der Waals surface area contributed by atoms with Crippen LogP contribution < -0.4 is 10.2 Å². The van der Waals surface area contributed by atoms with Crippen LogP contribution in [0, 0.1) is 11.6 Å². The standard InChI is InChI=1S/C10H13BF2O3/c1-2-3-4-16-10-6-8(12)7(11(14)15)5-9(10)13/h5-6,14-15H,2-4H2,1H3. The number of halogens is 2. The molecule has 0 aromatic heterocycles. The molecule has 0 saturated carbocycles. The molecule has 2 N–H and O–H groups in total. The van der Waals surface area contributed by atoms with Crippen LogP contribution in [0.2, 0.25) is 0 Å². The molecule has 0 atom stereocenters. The fraction of sp³-hybridized carbons (Fsp3) is 0.400. The van der Waals surface area contributed by atoms with Gasteiger partial charge in [-0.2, -0.15) is 0 Å². The van der Waals surface area contributed by atoms with E-state index >= 15 is 0 Å². The fourth-order valence-corrected chi connectivity index (χ4v) is 1.18. The second-order valence-electron chi connectivity index (χ2n) is 3.38. The van der Waals surface area contributed by atoms with Crippen LogP contribution in [0.3, 0.4) is 0 Å². The number of hydrogen-bond acceptors (Lipinski definition) is 3. The Morgan fingerprint density at radius 3 is 2.50 bits per heavy atom. The Balaban J connectivity index is 2.84. The summed E-state index contributed by atoms with van der Waals surface area (Å²) in [6, 6.07) is 1.54. The van der Waals surface area contributed by atoms with Crippen LogP contribution in [-0.4, -0.2) is 23.8 Å². The lowest BCUT2D eigenvalue weighted by Gasteiger charge is -2.09. The van der Waals surface area contributed by atoms with E-state index in [9.17, 15) is 8.78 Å². The summed E-state index contributed by atoms with van der Waals surface area (Å²) >= 11 is 0. The highest BCUT2D eigenvalue weighted by Crippen LogP contribution is 2.17. The summed E-state index contributed by atoms with van der Waals surface area (Å²) in [6.45, 7) is 2.25. The molecule has 0 amide bonds. The lowest BCUT2D eigenvalue weighted by atomic mass is 9.80. The van der Waals surface area contributed by atoms with E-state index in [4.69, 9.17) is 14.8 Å². The highest BCUT2D eigenvalue weighted by atomic mass is 19.1. The Kier molecular flexibility index (Phi) is 4.70. The normalized spacial score (nSPS) is 10.3. The minimum atomic E-state index is -2.03. The predicted octanol–water partition coefficient (Wildman–Crippen LogP) is 0.823. The second kappa shape index (κ2) is 5.82. The largest absolute Gasteiger partial charge is 0.491 e. The maximum absolute atomic E-state index is 13.3. The van der Waals surface area contributed by atoms with Gasteiger partial charge in [-0.05, 0) is 12.5 Å². The predicted molar refractivity (Wildman–Crippen MR) is 56.6 cm³/mol. The molecule has 0 aliphatic rings. The summed E-state index contributed by atoms with van der Waals surface area (Å²) in [4.78, 5) is 0. The molecule has 3 nitrogen and oxygen atoms in total. The molecule has 0 bridgehead atoms. The van der Waals surface area contributed by atoms with E-state index in [0.717, 1.165) is 25.0 Å². The molecule has 0 spiro atoms. The van der Waals surface area contributed by atoms with Gasteiger partial charge in [0.25, 0.3) is 0 Å². The molecule has 1 aromatic rings. The van der Waals surface area contributed by atoms with Crippen LogP contribution in [0.15, 0.2) is 12.1 Å². The summed E-state index contributed by atoms with van der Waals surface area (Å²) in [5.41, 5.74) is -0.500. The zero-order valence-electron chi connectivity index (χ0n) is 8.91. The van der Waals surface area contributed by atoms with Gasteiger partial charge in [-0.25, -0.2) is 8.78 Å². The van der Waals surface area contributed by atoms with E-state index in [-0.39, 0.29) is 5.75 Å². The van der Waals surface area contributed by atoms with Gasteiger partial charge in [0.1, 0.15) is 5.82 Å². The van der Waals surface area contributed by atoms with Crippen LogP contribution >= 0.6 is 0 Å². The molecule has 0 fully saturated rings. The van der Waals surface area contributed by atoms with E-state index in [0.29, 0.717) is 6.61 Å². The highest BCUT2D eigenvalue weighted by molar-refractivity contribution is 6.58. The summed E-state index contributed by atoms with van der Waals surface area (Å²) < 4.78 is 31.5. The zero-order chi connectivity index (χ0) is 12.1. The number of benzene rings is 1. The lowest BCUT2D eigenvalue weighted by molar-refractivity contribution is 0.292. The second-order valence-corrected chi connectivity index (χ2v) is 3.38. The molecule has 0 radical (unpaired) electrons. The Morgan fingerprint density at radius 1 is 1.25 bits per heavy atom. The van der Waals surface area contributed by atoms with Crippen molar-refractivity contribution in [2.24, 2.45) is 0 Å². The molecule has 88 valence electrons. The molecular weight excluding hydrogens is 217 g/mol. The van der Waals surface area contributed by atoms with Gasteiger partial charge < -0.3 is 14.8 Å². The molecule has 0 saturated heterocycles. The maximum atomic E-state index is 13.3. The molecule has 16 heavy (non-hydrogen) atoms. The molecule has 6 heteroatoms. The Bertz CT molecular complexity index is 358. The molecule has 1 rings (SSSR count). The third-order valence-corrected chi connectivity index (χ3v) is 2.08. The average Bonchev–Trinajstić information content (AvgIpc) is 2.22. The molecule has 0 aliphatic carbocycles. The first-order chi connectivity index (χ1) is 7.56. The van der Waals surface area contributed by atoms with Gasteiger partial charge in [0.2, 0.25) is 0 Å². The van der Waals surface area contributed by atoms with Crippen LogP contribution in [-0.2, 0) is 0 Å². The van der Waals surface area contributed by atoms with E-state index in [1.54, 1.807) is 0 Å². The first-order valence-corrected chi connectivity index (χ1v) is 5.04. The van der Waals surface area contributed by atoms with Crippen molar-refractivity contribution in [1.82, 2.24) is 0 Å². The molecular formula is C10H13BF2O3. The Morgan fingerprint density at radius 2 is 1.94 bits per heavy atom. The fourth-order valence-electron chi connectivity index (χ4n) is 1.18. The van der Waals surface area contributed by atoms with Gasteiger partial charge in [-0.3, -0.25) is 0 Å². The van der Waals surface area contributed by atoms with Crippen LogP contribution in [0.4, 0.5) is 8.78 Å². The van der Waals surface area contributed by atoms with Crippen molar-refractivity contribution in [3.05, 3.63) is 23.8 Å². The smallest absolute Gasteiger partial charge is 0.490 e. The van der Waals surface area contributed by atoms with Gasteiger partial charge in [0.15, 0.2) is 11.6 Å². The number of hydrogen-bond donors (Lipinski definition) is 2. The third kappa shape index (κ3) is 3.18. The summed E-state index contributed by atoms with van der Waals surface area (Å²) in [6.07, 6.45) is 1.63. The highest BCUT2D eigenvalue weighted by Gasteiger charge is 2.20. The first kappa shape index (κ1) is 12.9. The van der Waals surface area contributed by atoms with Gasteiger partial charge >= 0.3 is 7.12 Å². The first-order valence-electron chi connectivity index (χ1n) is 5.04. The van der Waals surface area contributed by atoms with E-state index in [2.05, 4.69) is 0 Å². The topological polar surface area (TPSA) is 49.7 Å². The van der Waals surface area contributed by atoms with Gasteiger partial charge in [-0.1, -0.05) is 13.3 Å². The number of ether oxygens (including phenoxy) is 1. The van der Waals surface area contributed by atoms with Crippen LogP contribution in [0.25, 0.3) is 0 Å². The summed E-state index contributed by atoms with van der Waals surface area (Å²) in [5.74, 6) is -1.92. The molecule has 0 heterocycles. The molecule has 0 aliphatic heterocycles. The van der Waals surface area contributed by atoms with Crippen molar-refractivity contribution in [3.8, 4) is 5.75 Å². The zero-order valence-corrected chi connectivity index (χ0v) is 8.91. The van der Waals surface area contributed by atoms with Gasteiger partial charge in [0.05, 0.1) is 6.61 Å². The minimum absolute atomic E-state index is 0.213. The van der Waals surface area contributed by atoms with Crippen LogP contribution in [0.5, 0.6) is 5.75 Å². The van der Waals surface area contributed by atoms with Crippen molar-refractivity contribution in [1.29, 1.82) is 0 Å². The molecule has 1 aromatic carbocycles. The number of rotatable bonds is 5. The van der Waals surface area contributed by atoms with E-state index < -0.39 is 24.2 Å². The molecule has 0 unspecified atom stereocenters. The van der Waals surface area contributed by atoms with Crippen molar-refractivity contribution in [2.45, 2.75) is 19.8 Å². The van der Waals surface area contributed by atoms with Crippen molar-refractivity contribution >= 4 is 12.6 Å². The van der Waals surface area contributed by atoms with E-state index in [1.807, 2.05) is 6.92 Å².